The number of hydrogen-bond acceptors (Lipinski definition) is 12. The zero-order chi connectivity index (χ0) is 53.8. The number of hydrogen-bond donors (Lipinski definition) is 2. The first-order valence-corrected chi connectivity index (χ1v) is 26.9. The van der Waals surface area contributed by atoms with Crippen LogP contribution in [0.2, 0.25) is 5.02 Å². The van der Waals surface area contributed by atoms with E-state index in [9.17, 15) is 13.2 Å². The van der Waals surface area contributed by atoms with Gasteiger partial charge in [0.05, 0.1) is 44.2 Å². The highest BCUT2D eigenvalue weighted by molar-refractivity contribution is 7.89. The fraction of sp³-hybridized carbons (Fsp3) is 0.439. The fourth-order valence-corrected chi connectivity index (χ4v) is 8.26. The van der Waals surface area contributed by atoms with Crippen LogP contribution in [-0.2, 0) is 19.6 Å². The van der Waals surface area contributed by atoms with Crippen molar-refractivity contribution >= 4 is 39.0 Å². The molecule has 2 aliphatic rings. The fourth-order valence-electron chi connectivity index (χ4n) is 7.18. The summed E-state index contributed by atoms with van der Waals surface area (Å²) in [7, 11) is -2.13. The lowest BCUT2D eigenvalue weighted by Gasteiger charge is -2.27. The van der Waals surface area contributed by atoms with Crippen molar-refractivity contribution in [2.45, 2.75) is 124 Å². The van der Waals surface area contributed by atoms with Crippen LogP contribution in [0.3, 0.4) is 0 Å². The molecule has 1 fully saturated rings. The number of carbonyl (C=O) groups is 1. The van der Waals surface area contributed by atoms with Gasteiger partial charge >= 0.3 is 0 Å². The molecule has 0 saturated carbocycles. The molecule has 0 radical (unpaired) electrons. The van der Waals surface area contributed by atoms with E-state index in [1.807, 2.05) is 56.4 Å². The summed E-state index contributed by atoms with van der Waals surface area (Å²) >= 11 is 5.73. The largest absolute Gasteiger partial charge is 0.495 e. The smallest absolute Gasteiger partial charge is 0.239 e. The minimum atomic E-state index is -3.72. The number of pyridine rings is 1. The number of nitrogens with one attached hydrogen (secondary N) is 1. The molecule has 1 saturated heterocycles. The summed E-state index contributed by atoms with van der Waals surface area (Å²) in [6.07, 6.45) is 2.95. The maximum Gasteiger partial charge on any atom is 0.239 e. The molecule has 16 heteroatoms. The van der Waals surface area contributed by atoms with Gasteiger partial charge in [-0.1, -0.05) is 128 Å². The Bertz CT molecular complexity index is 2760. The molecule has 0 atom stereocenters. The Morgan fingerprint density at radius 1 is 0.712 bits per heavy atom. The predicted octanol–water partition coefficient (Wildman–Crippen LogP) is 13.1. The first-order valence-electron chi connectivity index (χ1n) is 24.9. The van der Waals surface area contributed by atoms with Gasteiger partial charge in [0, 0.05) is 45.1 Å². The number of amides is 1. The SMILES string of the molecule is CC(C)c1ccc(Cl)c(S(N)(=O)=O)c1.CC(C)c1ccc(N2CCOCC2)nc1.CC(C)c1ccc2c(c1)OCCCO2.COc1ccc(C(C)C)cc1NC(C)=O.Cc1nc(-c2cccc(C(C)C)c2)no1. The number of morpholine rings is 1. The molecule has 3 N–H and O–H groups in total. The van der Waals surface area contributed by atoms with E-state index in [0.717, 1.165) is 80.1 Å². The summed E-state index contributed by atoms with van der Waals surface area (Å²) in [4.78, 5) is 22.0. The topological polar surface area (TPSA) is 181 Å². The number of aryl methyl sites for hydroxylation is 1. The van der Waals surface area contributed by atoms with Crippen LogP contribution in [0.1, 0.15) is 146 Å². The number of carbonyl (C=O) groups excluding carboxylic acids is 1. The van der Waals surface area contributed by atoms with Crippen LogP contribution in [-0.4, -0.2) is 76.1 Å². The van der Waals surface area contributed by atoms with E-state index in [1.165, 1.54) is 35.2 Å². The van der Waals surface area contributed by atoms with Crippen molar-refractivity contribution in [1.29, 1.82) is 0 Å². The molecule has 73 heavy (non-hydrogen) atoms. The van der Waals surface area contributed by atoms with Gasteiger partial charge in [0.1, 0.15) is 16.5 Å². The molecule has 2 aromatic heterocycles. The molecule has 396 valence electrons. The molecule has 4 aromatic carbocycles. The van der Waals surface area contributed by atoms with Gasteiger partial charge in [-0.2, -0.15) is 4.98 Å². The Labute approximate surface area is 439 Å². The summed E-state index contributed by atoms with van der Waals surface area (Å²) in [6.45, 7) is 29.6. The zero-order valence-electron chi connectivity index (χ0n) is 45.0. The van der Waals surface area contributed by atoms with Gasteiger partial charge in [-0.05, 0) is 106 Å². The molecular formula is C57H77ClN6O8S. The first-order chi connectivity index (χ1) is 34.6. The van der Waals surface area contributed by atoms with E-state index in [4.69, 9.17) is 40.2 Å². The predicted molar refractivity (Wildman–Crippen MR) is 294 cm³/mol. The van der Waals surface area contributed by atoms with E-state index in [2.05, 4.69) is 117 Å². The number of primary sulfonamides is 1. The molecule has 0 aliphatic carbocycles. The highest BCUT2D eigenvalue weighted by Crippen LogP contribution is 2.33. The zero-order valence-corrected chi connectivity index (χ0v) is 46.6. The van der Waals surface area contributed by atoms with Gasteiger partial charge in [0.25, 0.3) is 0 Å². The second-order valence-electron chi connectivity index (χ2n) is 19.2. The van der Waals surface area contributed by atoms with Gasteiger partial charge in [0.2, 0.25) is 27.6 Å². The van der Waals surface area contributed by atoms with E-state index in [1.54, 1.807) is 26.2 Å². The number of sulfonamides is 1. The Morgan fingerprint density at radius 3 is 1.82 bits per heavy atom. The molecule has 0 spiro atoms. The average Bonchev–Trinajstić information content (AvgIpc) is 3.66. The summed E-state index contributed by atoms with van der Waals surface area (Å²) in [5.41, 5.74) is 7.71. The lowest BCUT2D eigenvalue weighted by molar-refractivity contribution is -0.114. The summed E-state index contributed by atoms with van der Waals surface area (Å²) in [5.74, 6) is 6.99. The maximum absolute atomic E-state index is 11.1. The number of nitrogens with two attached hydrogens (primary N) is 1. The van der Waals surface area contributed by atoms with Gasteiger partial charge in [-0.25, -0.2) is 18.5 Å². The third-order valence-electron chi connectivity index (χ3n) is 11.7. The number of halogens is 1. The van der Waals surface area contributed by atoms with Crippen molar-refractivity contribution in [3.8, 4) is 28.6 Å². The Morgan fingerprint density at radius 2 is 1.27 bits per heavy atom. The third kappa shape index (κ3) is 19.4. The summed E-state index contributed by atoms with van der Waals surface area (Å²) in [6, 6.07) is 29.4. The Balaban J connectivity index is 0.000000198. The van der Waals surface area contributed by atoms with E-state index < -0.39 is 10.0 Å². The monoisotopic (exact) mass is 1040 g/mol. The minimum Gasteiger partial charge on any atom is -0.495 e. The molecule has 0 unspecified atom stereocenters. The molecular weight excluding hydrogens is 964 g/mol. The van der Waals surface area contributed by atoms with Gasteiger partial charge in [-0.3, -0.25) is 4.79 Å². The summed E-state index contributed by atoms with van der Waals surface area (Å²) in [5, 5.41) is 11.8. The number of anilines is 2. The van der Waals surface area contributed by atoms with Gasteiger partial charge < -0.3 is 33.7 Å². The first kappa shape index (κ1) is 59.6. The highest BCUT2D eigenvalue weighted by atomic mass is 35.5. The Kier molecular flexibility index (Phi) is 23.7. The molecule has 1 amide bonds. The number of methoxy groups -OCH3 is 1. The number of nitrogens with zero attached hydrogens (tertiary/aromatic N) is 4. The molecule has 8 rings (SSSR count). The number of fused-ring (bicyclic) bond motifs is 1. The van der Waals surface area contributed by atoms with Crippen molar-refractivity contribution < 1.29 is 36.7 Å². The van der Waals surface area contributed by atoms with Crippen molar-refractivity contribution in [1.82, 2.24) is 15.1 Å². The lowest BCUT2D eigenvalue weighted by Crippen LogP contribution is -2.36. The van der Waals surface area contributed by atoms with Crippen LogP contribution in [0.15, 0.2) is 107 Å². The van der Waals surface area contributed by atoms with Gasteiger partial charge in [0.15, 0.2) is 11.5 Å². The number of aromatic nitrogens is 3. The third-order valence-corrected chi connectivity index (χ3v) is 13.1. The number of rotatable bonds is 10. The lowest BCUT2D eigenvalue weighted by atomic mass is 10.0. The van der Waals surface area contributed by atoms with E-state index in [-0.39, 0.29) is 21.7 Å². The van der Waals surface area contributed by atoms with Crippen LogP contribution >= 0.6 is 11.6 Å². The second kappa shape index (κ2) is 29.0. The Hall–Kier alpha value is -6.00. The molecule has 0 bridgehead atoms. The maximum atomic E-state index is 11.1. The van der Waals surface area contributed by atoms with Gasteiger partial charge in [-0.15, -0.1) is 0 Å². The van der Waals surface area contributed by atoms with Crippen molar-refractivity contribution in [2.75, 3.05) is 56.8 Å². The standard InChI is InChI=1S/C12H14N2O.C12H18N2O.C12H17NO2.C12H16O2.C9H12ClNO2S/c1-8(2)10-5-4-6-11(7-10)12-13-9(3)15-14-12;1-10(2)11-3-4-12(13-9-11)14-5-7-15-8-6-14;1-8(2)10-5-6-12(15-4)11(7-10)13-9(3)14;1-9(2)10-4-5-11-12(8-10)14-7-3-6-13-11;1-6(2)7-3-4-8(10)9(5-7)14(11,12)13/h4-8H,1-3H3;3-4,9-10H,5-8H2,1-2H3;5-8H,1-4H3,(H,13,14);4-5,8-9H,3,6-7H2,1-2H3;3-6H,1-2H3,(H2,11,12,13). The second-order valence-corrected chi connectivity index (χ2v) is 21.2. The quantitative estimate of drug-likeness (QED) is 0.133. The summed E-state index contributed by atoms with van der Waals surface area (Å²) < 4.78 is 48.9. The van der Waals surface area contributed by atoms with Crippen LogP contribution in [0.25, 0.3) is 11.4 Å². The molecule has 6 aromatic rings. The van der Waals surface area contributed by atoms with E-state index in [0.29, 0.717) is 41.1 Å². The normalized spacial score (nSPS) is 13.1. The average molecular weight is 1040 g/mol. The van der Waals surface area contributed by atoms with Crippen LogP contribution in [0.5, 0.6) is 17.2 Å². The number of ether oxygens (including phenoxy) is 4. The van der Waals surface area contributed by atoms with Crippen molar-refractivity contribution in [2.24, 2.45) is 5.14 Å². The molecule has 14 nitrogen and oxygen atoms in total. The van der Waals surface area contributed by atoms with Crippen molar-refractivity contribution in [3.05, 3.63) is 136 Å². The highest BCUT2D eigenvalue weighted by Gasteiger charge is 2.16. The molecule has 4 heterocycles. The van der Waals surface area contributed by atoms with Crippen LogP contribution in [0, 0.1) is 6.92 Å². The van der Waals surface area contributed by atoms with Crippen molar-refractivity contribution in [3.63, 3.8) is 0 Å². The molecule has 2 aliphatic heterocycles. The van der Waals surface area contributed by atoms with Crippen LogP contribution < -0.4 is 29.6 Å². The minimum absolute atomic E-state index is 0.00892. The number of benzene rings is 4. The van der Waals surface area contributed by atoms with Crippen LogP contribution in [0.4, 0.5) is 11.5 Å². The van der Waals surface area contributed by atoms with E-state index >= 15 is 0 Å².